The largest absolute Gasteiger partial charge is 0.480 e. The molecule has 1 aliphatic rings. The van der Waals surface area contributed by atoms with E-state index in [2.05, 4.69) is 15.3 Å². The van der Waals surface area contributed by atoms with Crippen molar-refractivity contribution in [2.45, 2.75) is 4.90 Å². The molecule has 1 aromatic carbocycles. The van der Waals surface area contributed by atoms with Gasteiger partial charge in [-0.05, 0) is 24.3 Å². The first-order valence-corrected chi connectivity index (χ1v) is 10.8. The van der Waals surface area contributed by atoms with Gasteiger partial charge in [0.2, 0.25) is 11.6 Å². The first-order chi connectivity index (χ1) is 14.1. The zero-order valence-electron chi connectivity index (χ0n) is 16.1. The van der Waals surface area contributed by atoms with Crippen LogP contribution in [0.3, 0.4) is 0 Å². The van der Waals surface area contributed by atoms with Crippen LogP contribution in [0.2, 0.25) is 0 Å². The number of nitrogens with one attached hydrogen (secondary N) is 1. The van der Waals surface area contributed by atoms with Gasteiger partial charge in [-0.15, -0.1) is 0 Å². The van der Waals surface area contributed by atoms with Crippen molar-refractivity contribution in [2.75, 3.05) is 49.2 Å². The molecule has 3 rings (SSSR count). The van der Waals surface area contributed by atoms with Gasteiger partial charge in [-0.2, -0.15) is 0 Å². The van der Waals surface area contributed by atoms with Crippen LogP contribution < -0.4 is 10.2 Å². The number of carbonyl (C=O) groups is 1. The van der Waals surface area contributed by atoms with E-state index in [1.807, 2.05) is 0 Å². The lowest BCUT2D eigenvalue weighted by Gasteiger charge is -2.34. The molecule has 1 aromatic heterocycles. The minimum Gasteiger partial charge on any atom is -0.480 e. The van der Waals surface area contributed by atoms with Crippen LogP contribution in [-0.2, 0) is 14.6 Å². The molecule has 0 amide bonds. The lowest BCUT2D eigenvalue weighted by molar-refractivity contribution is -0.383. The molecule has 1 saturated heterocycles. The molecule has 2 aromatic rings. The molecule has 0 atom stereocenters. The summed E-state index contributed by atoms with van der Waals surface area (Å²) in [6.45, 7) is 1.55. The van der Waals surface area contributed by atoms with Crippen molar-refractivity contribution in [3.63, 3.8) is 0 Å². The standard InChI is InChI=1S/C17H20N6O6S/c1-30(28,29)13-4-2-12(3-5-13)20-16-15(23(26)27)17(19-11-18-16)22-8-6-21(7-9-22)10-14(24)25/h2-5,11H,6-10H2,1H3,(H,24,25)(H,18,19,20). The maximum atomic E-state index is 11.8. The third kappa shape index (κ3) is 4.99. The number of aliphatic carboxylic acids is 1. The van der Waals surface area contributed by atoms with Gasteiger partial charge in [0.05, 0.1) is 16.4 Å². The molecule has 0 spiro atoms. The molecule has 1 aliphatic heterocycles. The summed E-state index contributed by atoms with van der Waals surface area (Å²) in [4.78, 5) is 33.7. The van der Waals surface area contributed by atoms with Gasteiger partial charge in [-0.1, -0.05) is 0 Å². The highest BCUT2D eigenvalue weighted by Gasteiger charge is 2.29. The summed E-state index contributed by atoms with van der Waals surface area (Å²) in [6, 6.07) is 5.78. The van der Waals surface area contributed by atoms with E-state index in [0.29, 0.717) is 31.9 Å². The number of benzene rings is 1. The molecule has 2 heterocycles. The minimum absolute atomic E-state index is 0.0231. The van der Waals surface area contributed by atoms with Gasteiger partial charge < -0.3 is 15.3 Å². The van der Waals surface area contributed by atoms with Crippen molar-refractivity contribution in [3.8, 4) is 0 Å². The fraction of sp³-hybridized carbons (Fsp3) is 0.353. The molecule has 0 aliphatic carbocycles. The monoisotopic (exact) mass is 436 g/mol. The number of hydrogen-bond donors (Lipinski definition) is 2. The van der Waals surface area contributed by atoms with E-state index in [0.717, 1.165) is 6.26 Å². The third-order valence-electron chi connectivity index (χ3n) is 4.56. The summed E-state index contributed by atoms with van der Waals surface area (Å²) in [7, 11) is -3.36. The number of piperazine rings is 1. The third-order valence-corrected chi connectivity index (χ3v) is 5.69. The highest BCUT2D eigenvalue weighted by atomic mass is 32.2. The summed E-state index contributed by atoms with van der Waals surface area (Å²) >= 11 is 0. The zero-order chi connectivity index (χ0) is 21.9. The molecule has 13 heteroatoms. The second kappa shape index (κ2) is 8.59. The summed E-state index contributed by atoms with van der Waals surface area (Å²) < 4.78 is 23.2. The van der Waals surface area contributed by atoms with E-state index < -0.39 is 20.7 Å². The molecule has 0 saturated carbocycles. The van der Waals surface area contributed by atoms with E-state index in [-0.39, 0.29) is 28.8 Å². The van der Waals surface area contributed by atoms with Gasteiger partial charge in [0.1, 0.15) is 6.33 Å². The fourth-order valence-corrected chi connectivity index (χ4v) is 3.72. The number of sulfone groups is 1. The van der Waals surface area contributed by atoms with Crippen LogP contribution >= 0.6 is 0 Å². The number of carboxylic acid groups (broad SMARTS) is 1. The van der Waals surface area contributed by atoms with Crippen molar-refractivity contribution in [1.29, 1.82) is 0 Å². The molecular weight excluding hydrogens is 416 g/mol. The number of nitro groups is 1. The van der Waals surface area contributed by atoms with Crippen LogP contribution in [0, 0.1) is 10.1 Å². The number of aromatic nitrogens is 2. The Morgan fingerprint density at radius 3 is 2.37 bits per heavy atom. The van der Waals surface area contributed by atoms with Gasteiger partial charge in [0.15, 0.2) is 9.84 Å². The lowest BCUT2D eigenvalue weighted by Crippen LogP contribution is -2.48. The zero-order valence-corrected chi connectivity index (χ0v) is 16.9. The van der Waals surface area contributed by atoms with Crippen LogP contribution in [0.1, 0.15) is 0 Å². The van der Waals surface area contributed by atoms with E-state index in [1.165, 1.54) is 30.6 Å². The van der Waals surface area contributed by atoms with Crippen LogP contribution in [0.15, 0.2) is 35.5 Å². The van der Waals surface area contributed by atoms with Gasteiger partial charge in [0, 0.05) is 38.1 Å². The SMILES string of the molecule is CS(=O)(=O)c1ccc(Nc2ncnc(N3CCN(CC(=O)O)CC3)c2[N+](=O)[O-])cc1. The van der Waals surface area contributed by atoms with E-state index >= 15 is 0 Å². The summed E-state index contributed by atoms with van der Waals surface area (Å²) in [5.41, 5.74) is 0.123. The number of hydrogen-bond acceptors (Lipinski definition) is 10. The first-order valence-electron chi connectivity index (χ1n) is 8.91. The summed E-state index contributed by atoms with van der Waals surface area (Å²) in [5.74, 6) is -0.810. The molecule has 30 heavy (non-hydrogen) atoms. The van der Waals surface area contributed by atoms with Crippen LogP contribution in [-0.4, -0.2) is 78.3 Å². The van der Waals surface area contributed by atoms with Crippen molar-refractivity contribution >= 4 is 38.8 Å². The van der Waals surface area contributed by atoms with Gasteiger partial charge in [-0.3, -0.25) is 19.8 Å². The van der Waals surface area contributed by atoms with E-state index in [9.17, 15) is 23.3 Å². The van der Waals surface area contributed by atoms with Gasteiger partial charge >= 0.3 is 11.7 Å². The van der Waals surface area contributed by atoms with Crippen LogP contribution in [0.4, 0.5) is 23.0 Å². The molecule has 0 radical (unpaired) electrons. The Labute approximate surface area is 172 Å². The Hall–Kier alpha value is -3.32. The Bertz CT molecular complexity index is 1050. The second-order valence-electron chi connectivity index (χ2n) is 6.73. The van der Waals surface area contributed by atoms with Gasteiger partial charge in [0.25, 0.3) is 0 Å². The first kappa shape index (κ1) is 21.4. The number of nitrogens with zero attached hydrogens (tertiary/aromatic N) is 5. The number of anilines is 3. The Kier molecular flexibility index (Phi) is 6.12. The maximum Gasteiger partial charge on any atom is 0.353 e. The topological polar surface area (TPSA) is 159 Å². The predicted octanol–water partition coefficient (Wildman–Crippen LogP) is 0.738. The van der Waals surface area contributed by atoms with E-state index in [1.54, 1.807) is 9.80 Å². The van der Waals surface area contributed by atoms with Crippen LogP contribution in [0.5, 0.6) is 0 Å². The fourth-order valence-electron chi connectivity index (χ4n) is 3.09. The lowest BCUT2D eigenvalue weighted by atomic mass is 10.2. The summed E-state index contributed by atoms with van der Waals surface area (Å²) in [6.07, 6.45) is 2.30. The Morgan fingerprint density at radius 2 is 1.83 bits per heavy atom. The highest BCUT2D eigenvalue weighted by molar-refractivity contribution is 7.90. The molecule has 2 N–H and O–H groups in total. The second-order valence-corrected chi connectivity index (χ2v) is 8.75. The van der Waals surface area contributed by atoms with Crippen molar-refractivity contribution in [1.82, 2.24) is 14.9 Å². The van der Waals surface area contributed by atoms with Gasteiger partial charge in [-0.25, -0.2) is 18.4 Å². The van der Waals surface area contributed by atoms with Crippen molar-refractivity contribution in [3.05, 3.63) is 40.7 Å². The average molecular weight is 436 g/mol. The quantitative estimate of drug-likeness (QED) is 0.465. The molecule has 1 fully saturated rings. The molecular formula is C17H20N6O6S. The van der Waals surface area contributed by atoms with Crippen molar-refractivity contribution in [2.24, 2.45) is 0 Å². The normalized spacial score (nSPS) is 15.0. The average Bonchev–Trinajstić information content (AvgIpc) is 2.67. The summed E-state index contributed by atoms with van der Waals surface area (Å²) in [5, 5.41) is 23.5. The number of rotatable bonds is 7. The van der Waals surface area contributed by atoms with Crippen LogP contribution in [0.25, 0.3) is 0 Å². The Morgan fingerprint density at radius 1 is 1.20 bits per heavy atom. The smallest absolute Gasteiger partial charge is 0.353 e. The minimum atomic E-state index is -3.36. The molecule has 0 unspecified atom stereocenters. The Balaban J connectivity index is 1.83. The van der Waals surface area contributed by atoms with Crippen molar-refractivity contribution < 1.29 is 23.2 Å². The number of carboxylic acids is 1. The predicted molar refractivity (Wildman–Crippen MR) is 108 cm³/mol. The molecule has 12 nitrogen and oxygen atoms in total. The molecule has 0 bridgehead atoms. The maximum absolute atomic E-state index is 11.8. The highest BCUT2D eigenvalue weighted by Crippen LogP contribution is 2.34. The molecule has 160 valence electrons. The van der Waals surface area contributed by atoms with E-state index in [4.69, 9.17) is 5.11 Å².